The topological polar surface area (TPSA) is 64.7 Å². The Balaban J connectivity index is 1.24. The highest BCUT2D eigenvalue weighted by molar-refractivity contribution is 6.30. The van der Waals surface area contributed by atoms with Gasteiger partial charge in [0, 0.05) is 31.4 Å². The summed E-state index contributed by atoms with van der Waals surface area (Å²) < 4.78 is 5.57. The van der Waals surface area contributed by atoms with E-state index in [9.17, 15) is 0 Å². The van der Waals surface area contributed by atoms with E-state index in [2.05, 4.69) is 49.0 Å². The molecule has 1 spiro atoms. The zero-order chi connectivity index (χ0) is 21.7. The second-order valence-corrected chi connectivity index (χ2v) is 9.85. The molecule has 170 valence electrons. The number of allylic oxidation sites excluding steroid dienone is 2. The van der Waals surface area contributed by atoms with Gasteiger partial charge in [0.05, 0.1) is 30.6 Å². The van der Waals surface area contributed by atoms with Gasteiger partial charge in [-0.2, -0.15) is 0 Å². The largest absolute Gasteiger partial charge is 0.495 e. The van der Waals surface area contributed by atoms with Crippen LogP contribution >= 0.6 is 11.6 Å². The number of ether oxygens (including phenoxy) is 1. The fourth-order valence-electron chi connectivity index (χ4n) is 5.60. The van der Waals surface area contributed by atoms with Crippen LogP contribution in [0.2, 0.25) is 0 Å². The van der Waals surface area contributed by atoms with Gasteiger partial charge >= 0.3 is 0 Å². The van der Waals surface area contributed by atoms with Crippen LogP contribution in [0, 0.1) is 0 Å². The van der Waals surface area contributed by atoms with Gasteiger partial charge in [-0.15, -0.1) is 0 Å². The van der Waals surface area contributed by atoms with Gasteiger partial charge in [-0.3, -0.25) is 9.88 Å². The highest BCUT2D eigenvalue weighted by Crippen LogP contribution is 2.42. The lowest BCUT2D eigenvalue weighted by Gasteiger charge is -2.42. The van der Waals surface area contributed by atoms with Crippen LogP contribution in [0.5, 0.6) is 5.75 Å². The molecule has 3 unspecified atom stereocenters. The third kappa shape index (κ3) is 3.47. The van der Waals surface area contributed by atoms with Crippen LogP contribution in [0.3, 0.4) is 0 Å². The van der Waals surface area contributed by atoms with Crippen molar-refractivity contribution < 1.29 is 4.74 Å². The van der Waals surface area contributed by atoms with E-state index in [0.717, 1.165) is 61.2 Å². The second-order valence-electron chi connectivity index (χ2n) is 9.50. The Morgan fingerprint density at radius 2 is 2.12 bits per heavy atom. The molecule has 1 aromatic rings. The summed E-state index contributed by atoms with van der Waals surface area (Å²) in [5.41, 5.74) is 2.38. The molecule has 2 saturated heterocycles. The van der Waals surface area contributed by atoms with Crippen LogP contribution in [-0.2, 0) is 0 Å². The van der Waals surface area contributed by atoms with E-state index in [1.807, 2.05) is 18.3 Å². The molecule has 8 heteroatoms. The highest BCUT2D eigenvalue weighted by atomic mass is 35.5. The number of halogens is 1. The summed E-state index contributed by atoms with van der Waals surface area (Å²) in [6.07, 6.45) is 14.2. The fourth-order valence-corrected chi connectivity index (χ4v) is 5.97. The maximum atomic E-state index is 7.08. The van der Waals surface area contributed by atoms with Gasteiger partial charge in [0.1, 0.15) is 22.9 Å². The standard InChI is InChI=1S/C24H31ClN6O/c1-32-18-7-4-12-26-21(18)16-5-2-6-17(28-16)22-23(25)31-19(29-22)8-3-9-20(31)30-14-13-27-24(15-30)10-11-24/h3-4,7-9,12,16-17,19,27-29H,2,5-6,10-11,13-15H2,1H3. The Kier molecular flexibility index (Phi) is 5.08. The van der Waals surface area contributed by atoms with Crippen LogP contribution in [0.4, 0.5) is 0 Å². The number of hydrogen-bond donors (Lipinski definition) is 3. The molecule has 7 nitrogen and oxygen atoms in total. The van der Waals surface area contributed by atoms with Gasteiger partial charge in [0.25, 0.3) is 0 Å². The van der Waals surface area contributed by atoms with Crippen molar-refractivity contribution >= 4 is 11.6 Å². The van der Waals surface area contributed by atoms with Crippen molar-refractivity contribution in [2.24, 2.45) is 0 Å². The van der Waals surface area contributed by atoms with E-state index >= 15 is 0 Å². The summed E-state index contributed by atoms with van der Waals surface area (Å²) in [6, 6.07) is 4.21. The van der Waals surface area contributed by atoms with Crippen LogP contribution < -0.4 is 20.7 Å². The van der Waals surface area contributed by atoms with Crippen LogP contribution in [-0.4, -0.2) is 59.3 Å². The fraction of sp³-hybridized carbons (Fsp3) is 0.542. The number of pyridine rings is 1. The summed E-state index contributed by atoms with van der Waals surface area (Å²) in [6.45, 7) is 3.09. The van der Waals surface area contributed by atoms with Crippen LogP contribution in [0.15, 0.2) is 53.2 Å². The minimum Gasteiger partial charge on any atom is -0.495 e. The molecular formula is C24H31ClN6O. The number of fused-ring (bicyclic) bond motifs is 1. The molecule has 4 aliphatic heterocycles. The summed E-state index contributed by atoms with van der Waals surface area (Å²) in [5, 5.41) is 12.0. The average molecular weight is 455 g/mol. The van der Waals surface area contributed by atoms with E-state index in [4.69, 9.17) is 16.3 Å². The number of piperazine rings is 1. The first-order valence-corrected chi connectivity index (χ1v) is 12.1. The predicted octanol–water partition coefficient (Wildman–Crippen LogP) is 2.76. The zero-order valence-electron chi connectivity index (χ0n) is 18.5. The Morgan fingerprint density at radius 1 is 1.25 bits per heavy atom. The predicted molar refractivity (Wildman–Crippen MR) is 125 cm³/mol. The molecule has 0 radical (unpaired) electrons. The lowest BCUT2D eigenvalue weighted by Crippen LogP contribution is -2.55. The van der Waals surface area contributed by atoms with Gasteiger partial charge in [-0.05, 0) is 56.4 Å². The van der Waals surface area contributed by atoms with Crippen molar-refractivity contribution in [1.82, 2.24) is 30.7 Å². The molecule has 5 aliphatic rings. The van der Waals surface area contributed by atoms with Crippen molar-refractivity contribution in [1.29, 1.82) is 0 Å². The molecule has 0 bridgehead atoms. The number of methoxy groups -OCH3 is 1. The summed E-state index contributed by atoms with van der Waals surface area (Å²) >= 11 is 7.08. The van der Waals surface area contributed by atoms with E-state index in [1.54, 1.807) is 7.11 Å². The van der Waals surface area contributed by atoms with Gasteiger partial charge in [-0.1, -0.05) is 17.7 Å². The second kappa shape index (κ2) is 7.97. The van der Waals surface area contributed by atoms with E-state index in [0.29, 0.717) is 5.54 Å². The maximum absolute atomic E-state index is 7.08. The number of piperidine rings is 1. The molecule has 0 aromatic carbocycles. The van der Waals surface area contributed by atoms with Crippen molar-refractivity contribution in [2.75, 3.05) is 26.7 Å². The molecule has 32 heavy (non-hydrogen) atoms. The third-order valence-electron chi connectivity index (χ3n) is 7.44. The minimum absolute atomic E-state index is 0.0640. The molecule has 3 atom stereocenters. The number of hydrogen-bond acceptors (Lipinski definition) is 7. The third-order valence-corrected chi connectivity index (χ3v) is 7.83. The lowest BCUT2D eigenvalue weighted by atomic mass is 9.94. The minimum atomic E-state index is 0.0640. The lowest BCUT2D eigenvalue weighted by molar-refractivity contribution is 0.172. The summed E-state index contributed by atoms with van der Waals surface area (Å²) in [4.78, 5) is 9.39. The number of rotatable bonds is 4. The highest BCUT2D eigenvalue weighted by Gasteiger charge is 2.47. The van der Waals surface area contributed by atoms with Crippen molar-refractivity contribution in [2.45, 2.75) is 55.9 Å². The average Bonchev–Trinajstić information content (AvgIpc) is 3.50. The smallest absolute Gasteiger partial charge is 0.141 e. The normalized spacial score (nSPS) is 30.8. The first-order chi connectivity index (χ1) is 15.7. The molecule has 5 heterocycles. The monoisotopic (exact) mass is 454 g/mol. The van der Waals surface area contributed by atoms with Crippen molar-refractivity contribution in [3.05, 3.63) is 58.9 Å². The van der Waals surface area contributed by atoms with Crippen molar-refractivity contribution in [3.8, 4) is 5.75 Å². The Bertz CT molecular complexity index is 986. The quantitative estimate of drug-likeness (QED) is 0.604. The molecule has 1 saturated carbocycles. The van der Waals surface area contributed by atoms with Gasteiger partial charge < -0.3 is 25.6 Å². The molecular weight excluding hydrogens is 424 g/mol. The Hall–Kier alpha value is -2.22. The first-order valence-electron chi connectivity index (χ1n) is 11.8. The molecule has 1 aliphatic carbocycles. The SMILES string of the molecule is COc1cccnc1C1CCCC(C2=C(Cl)N3C(N4CCNC5(CC5)C4)=CC=CC3N2)N1. The number of nitrogens with zero attached hydrogens (tertiary/aromatic N) is 3. The molecule has 6 rings (SSSR count). The number of nitrogens with one attached hydrogen (secondary N) is 3. The first kappa shape index (κ1) is 20.4. The van der Waals surface area contributed by atoms with E-state index in [-0.39, 0.29) is 18.2 Å². The maximum Gasteiger partial charge on any atom is 0.141 e. The van der Waals surface area contributed by atoms with Gasteiger partial charge in [-0.25, -0.2) is 0 Å². The zero-order valence-corrected chi connectivity index (χ0v) is 19.2. The van der Waals surface area contributed by atoms with Crippen LogP contribution in [0.25, 0.3) is 0 Å². The van der Waals surface area contributed by atoms with Gasteiger partial charge in [0.15, 0.2) is 0 Å². The van der Waals surface area contributed by atoms with E-state index in [1.165, 1.54) is 18.7 Å². The summed E-state index contributed by atoms with van der Waals surface area (Å²) in [7, 11) is 1.71. The molecule has 0 amide bonds. The number of aromatic nitrogens is 1. The Labute approximate surface area is 194 Å². The van der Waals surface area contributed by atoms with Crippen LogP contribution in [0.1, 0.15) is 43.8 Å². The molecule has 1 aromatic heterocycles. The Morgan fingerprint density at radius 3 is 2.97 bits per heavy atom. The molecule has 3 fully saturated rings. The van der Waals surface area contributed by atoms with Crippen molar-refractivity contribution in [3.63, 3.8) is 0 Å². The summed E-state index contributed by atoms with van der Waals surface area (Å²) in [5.74, 6) is 2.04. The van der Waals surface area contributed by atoms with E-state index < -0.39 is 0 Å². The molecule has 3 N–H and O–H groups in total. The van der Waals surface area contributed by atoms with Gasteiger partial charge in [0.2, 0.25) is 0 Å².